The summed E-state index contributed by atoms with van der Waals surface area (Å²) in [6, 6.07) is 0. The molecule has 102 valence electrons. The Morgan fingerprint density at radius 1 is 1.50 bits per heavy atom. The molecule has 1 fully saturated rings. The Morgan fingerprint density at radius 2 is 2.33 bits per heavy atom. The summed E-state index contributed by atoms with van der Waals surface area (Å²) in [6.07, 6.45) is 0.676. The number of hydrogen-bond donors (Lipinski definition) is 1. The number of likely N-dealkylation sites (tertiary alicyclic amines) is 1. The topological polar surface area (TPSA) is 71.6 Å². The first kappa shape index (κ1) is 13.5. The van der Waals surface area contributed by atoms with Crippen molar-refractivity contribution in [2.45, 2.75) is 19.9 Å². The number of aliphatic hydroxyl groups excluding tert-OH is 1. The molecule has 6 nitrogen and oxygen atoms in total. The summed E-state index contributed by atoms with van der Waals surface area (Å²) < 4.78 is 10.2. The lowest BCUT2D eigenvalue weighted by Crippen LogP contribution is -2.21. The van der Waals surface area contributed by atoms with Crippen LogP contribution in [0.25, 0.3) is 0 Å². The van der Waals surface area contributed by atoms with Crippen LogP contribution in [0.1, 0.15) is 18.6 Å². The van der Waals surface area contributed by atoms with Crippen LogP contribution in [0.4, 0.5) is 0 Å². The number of rotatable bonds is 6. The molecule has 1 aliphatic heterocycles. The Labute approximate surface area is 107 Å². The van der Waals surface area contributed by atoms with Crippen LogP contribution in [0.2, 0.25) is 0 Å². The minimum absolute atomic E-state index is 0.251. The molecule has 2 rings (SSSR count). The van der Waals surface area contributed by atoms with Gasteiger partial charge in [-0.25, -0.2) is 0 Å². The largest absolute Gasteiger partial charge is 0.396 e. The van der Waals surface area contributed by atoms with Crippen LogP contribution in [0.15, 0.2) is 4.52 Å². The monoisotopic (exact) mass is 255 g/mol. The van der Waals surface area contributed by atoms with Crippen molar-refractivity contribution in [3.8, 4) is 0 Å². The van der Waals surface area contributed by atoms with Gasteiger partial charge >= 0.3 is 0 Å². The van der Waals surface area contributed by atoms with Gasteiger partial charge < -0.3 is 14.4 Å². The lowest BCUT2D eigenvalue weighted by Gasteiger charge is -2.11. The van der Waals surface area contributed by atoms with Crippen LogP contribution in [0.3, 0.4) is 0 Å². The van der Waals surface area contributed by atoms with Crippen molar-refractivity contribution in [3.63, 3.8) is 0 Å². The van der Waals surface area contributed by atoms with E-state index in [0.717, 1.165) is 13.1 Å². The number of nitrogens with zero attached hydrogens (tertiary/aromatic N) is 3. The summed E-state index contributed by atoms with van der Waals surface area (Å²) in [5.74, 6) is 2.22. The van der Waals surface area contributed by atoms with E-state index in [1.807, 2.05) is 0 Å². The van der Waals surface area contributed by atoms with Crippen molar-refractivity contribution in [3.05, 3.63) is 11.7 Å². The second-order valence-corrected chi connectivity index (χ2v) is 4.96. The lowest BCUT2D eigenvalue weighted by molar-refractivity contribution is 0.198. The molecule has 2 heterocycles. The van der Waals surface area contributed by atoms with Crippen molar-refractivity contribution >= 4 is 0 Å². The van der Waals surface area contributed by atoms with E-state index in [-0.39, 0.29) is 6.61 Å². The van der Waals surface area contributed by atoms with Crippen LogP contribution in [-0.4, -0.2) is 53.6 Å². The van der Waals surface area contributed by atoms with Gasteiger partial charge in [-0.3, -0.25) is 4.90 Å². The van der Waals surface area contributed by atoms with E-state index in [2.05, 4.69) is 22.0 Å². The van der Waals surface area contributed by atoms with E-state index in [1.54, 1.807) is 7.11 Å². The van der Waals surface area contributed by atoms with Gasteiger partial charge in [-0.1, -0.05) is 12.1 Å². The molecule has 1 aliphatic rings. The third kappa shape index (κ3) is 3.28. The van der Waals surface area contributed by atoms with Crippen molar-refractivity contribution in [2.24, 2.45) is 11.8 Å². The normalized spacial score (nSPS) is 24.8. The molecule has 2 atom stereocenters. The van der Waals surface area contributed by atoms with E-state index in [4.69, 9.17) is 9.26 Å². The predicted molar refractivity (Wildman–Crippen MR) is 64.9 cm³/mol. The highest BCUT2D eigenvalue weighted by Crippen LogP contribution is 2.23. The summed E-state index contributed by atoms with van der Waals surface area (Å²) in [4.78, 5) is 6.57. The zero-order chi connectivity index (χ0) is 13.0. The average molecular weight is 255 g/mol. The zero-order valence-electron chi connectivity index (χ0n) is 11.0. The van der Waals surface area contributed by atoms with E-state index >= 15 is 0 Å². The molecule has 1 saturated heterocycles. The predicted octanol–water partition coefficient (Wildman–Crippen LogP) is 0.319. The number of hydrogen-bond acceptors (Lipinski definition) is 6. The minimum atomic E-state index is 0.251. The van der Waals surface area contributed by atoms with Crippen LogP contribution >= 0.6 is 0 Å². The summed E-state index contributed by atoms with van der Waals surface area (Å²) in [6.45, 7) is 5.56. The number of aliphatic hydroxyl groups is 1. The number of aromatic nitrogens is 2. The molecule has 1 aromatic heterocycles. The molecule has 18 heavy (non-hydrogen) atoms. The highest BCUT2D eigenvalue weighted by Gasteiger charge is 2.29. The fraction of sp³-hybridized carbons (Fsp3) is 0.833. The van der Waals surface area contributed by atoms with Crippen molar-refractivity contribution in [2.75, 3.05) is 33.4 Å². The molecule has 1 N–H and O–H groups in total. The Morgan fingerprint density at radius 3 is 3.00 bits per heavy atom. The van der Waals surface area contributed by atoms with E-state index in [1.165, 1.54) is 0 Å². The summed E-state index contributed by atoms with van der Waals surface area (Å²) in [5, 5.41) is 13.1. The van der Waals surface area contributed by atoms with E-state index in [0.29, 0.717) is 43.1 Å². The lowest BCUT2D eigenvalue weighted by atomic mass is 10.00. The molecule has 6 heteroatoms. The van der Waals surface area contributed by atoms with Crippen molar-refractivity contribution in [1.29, 1.82) is 0 Å². The van der Waals surface area contributed by atoms with Gasteiger partial charge in [0.25, 0.3) is 0 Å². The third-order valence-electron chi connectivity index (χ3n) is 3.48. The first-order valence-electron chi connectivity index (χ1n) is 6.36. The van der Waals surface area contributed by atoms with Gasteiger partial charge in [-0.2, -0.15) is 4.98 Å². The maximum absolute atomic E-state index is 9.23. The fourth-order valence-electron chi connectivity index (χ4n) is 2.35. The molecule has 0 spiro atoms. The van der Waals surface area contributed by atoms with Gasteiger partial charge in [-0.05, 0) is 11.8 Å². The molecular formula is C12H21N3O3. The third-order valence-corrected chi connectivity index (χ3v) is 3.48. The standard InChI is InChI=1S/C12H21N3O3/c1-9-5-15(6-10(9)8-16)7-12-13-11(14-18-12)3-4-17-2/h9-10,16H,3-8H2,1-2H3/t9-,10+/m1/s1. The molecule has 0 saturated carbocycles. The number of ether oxygens (including phenoxy) is 1. The fourth-order valence-corrected chi connectivity index (χ4v) is 2.35. The SMILES string of the molecule is COCCc1noc(CN2C[C@@H](CO)[C@H](C)C2)n1. The second kappa shape index (κ2) is 6.26. The van der Waals surface area contributed by atoms with Crippen molar-refractivity contribution in [1.82, 2.24) is 15.0 Å². The maximum atomic E-state index is 9.23. The Kier molecular flexibility index (Phi) is 4.68. The Balaban J connectivity index is 1.84. The number of methoxy groups -OCH3 is 1. The molecule has 0 bridgehead atoms. The quantitative estimate of drug-likeness (QED) is 0.789. The van der Waals surface area contributed by atoms with Gasteiger partial charge in [0, 0.05) is 33.2 Å². The summed E-state index contributed by atoms with van der Waals surface area (Å²) in [7, 11) is 1.65. The first-order chi connectivity index (χ1) is 8.72. The maximum Gasteiger partial charge on any atom is 0.240 e. The first-order valence-corrected chi connectivity index (χ1v) is 6.36. The van der Waals surface area contributed by atoms with Gasteiger partial charge in [0.1, 0.15) is 0 Å². The summed E-state index contributed by atoms with van der Waals surface area (Å²) in [5.41, 5.74) is 0. The van der Waals surface area contributed by atoms with Crippen LogP contribution in [-0.2, 0) is 17.7 Å². The van der Waals surface area contributed by atoms with E-state index < -0.39 is 0 Å². The van der Waals surface area contributed by atoms with E-state index in [9.17, 15) is 5.11 Å². The van der Waals surface area contributed by atoms with Gasteiger partial charge in [0.15, 0.2) is 5.82 Å². The molecule has 0 unspecified atom stereocenters. The summed E-state index contributed by atoms with van der Waals surface area (Å²) >= 11 is 0. The van der Waals surface area contributed by atoms with Crippen LogP contribution < -0.4 is 0 Å². The Hall–Kier alpha value is -0.980. The zero-order valence-corrected chi connectivity index (χ0v) is 11.0. The van der Waals surface area contributed by atoms with Crippen molar-refractivity contribution < 1.29 is 14.4 Å². The molecule has 0 aliphatic carbocycles. The molecule has 1 aromatic rings. The molecular weight excluding hydrogens is 234 g/mol. The highest BCUT2D eigenvalue weighted by molar-refractivity contribution is 4.89. The van der Waals surface area contributed by atoms with Crippen LogP contribution in [0, 0.1) is 11.8 Å². The molecule has 0 amide bonds. The van der Waals surface area contributed by atoms with Gasteiger partial charge in [-0.15, -0.1) is 0 Å². The smallest absolute Gasteiger partial charge is 0.240 e. The minimum Gasteiger partial charge on any atom is -0.396 e. The van der Waals surface area contributed by atoms with Gasteiger partial charge in [0.2, 0.25) is 5.89 Å². The molecule has 0 radical (unpaired) electrons. The highest BCUT2D eigenvalue weighted by atomic mass is 16.5. The van der Waals surface area contributed by atoms with Gasteiger partial charge in [0.05, 0.1) is 13.2 Å². The molecule has 0 aromatic carbocycles. The second-order valence-electron chi connectivity index (χ2n) is 4.96. The van der Waals surface area contributed by atoms with Crippen LogP contribution in [0.5, 0.6) is 0 Å². The Bertz CT molecular complexity index is 369. The average Bonchev–Trinajstić information content (AvgIpc) is 2.94.